The van der Waals surface area contributed by atoms with Gasteiger partial charge < -0.3 is 5.32 Å². The second-order valence-electron chi connectivity index (χ2n) is 3.35. The van der Waals surface area contributed by atoms with Gasteiger partial charge in [-0.2, -0.15) is 13.2 Å². The largest absolute Gasteiger partial charge is 0.419 e. The van der Waals surface area contributed by atoms with E-state index in [-0.39, 0.29) is 0 Å². The van der Waals surface area contributed by atoms with Crippen molar-refractivity contribution in [3.8, 4) is 0 Å². The third-order valence-corrected chi connectivity index (χ3v) is 1.72. The molecule has 1 atom stereocenters. The molecular weight excluding hydrogens is 174 g/mol. The second-order valence-corrected chi connectivity index (χ2v) is 3.35. The van der Waals surface area contributed by atoms with Gasteiger partial charge in [0, 0.05) is 12.0 Å². The lowest BCUT2D eigenvalue weighted by molar-refractivity contribution is -0.185. The summed E-state index contributed by atoms with van der Waals surface area (Å²) in [6.45, 7) is 3.04. The smallest absolute Gasteiger partial charge is 0.315 e. The predicted octanol–water partition coefficient (Wildman–Crippen LogP) is 2.27. The minimum absolute atomic E-state index is 0.562. The van der Waals surface area contributed by atoms with E-state index in [0.29, 0.717) is 0 Å². The summed E-state index contributed by atoms with van der Waals surface area (Å²) < 4.78 is 47.6. The van der Waals surface area contributed by atoms with Gasteiger partial charge in [-0.05, 0) is 20.9 Å². The quantitative estimate of drug-likeness (QED) is 0.668. The summed E-state index contributed by atoms with van der Waals surface area (Å²) in [5.41, 5.74) is -0.824. The Balaban J connectivity index is 4.09. The lowest BCUT2D eigenvalue weighted by atomic mass is 9.97. The number of hydrogen-bond donors (Lipinski definition) is 1. The van der Waals surface area contributed by atoms with Crippen LogP contribution in [0.2, 0.25) is 0 Å². The maximum absolute atomic E-state index is 12.4. The SMILES string of the molecule is CNC(C)(C)CC(F)C(F)(F)F. The van der Waals surface area contributed by atoms with Gasteiger partial charge in [-0.1, -0.05) is 0 Å². The molecule has 0 aliphatic rings. The number of nitrogens with one attached hydrogen (secondary N) is 1. The van der Waals surface area contributed by atoms with Gasteiger partial charge in [0.25, 0.3) is 0 Å². The molecule has 0 fully saturated rings. The van der Waals surface area contributed by atoms with Gasteiger partial charge in [0.15, 0.2) is 6.17 Å². The summed E-state index contributed by atoms with van der Waals surface area (Å²) in [5, 5.41) is 2.60. The van der Waals surface area contributed by atoms with E-state index in [2.05, 4.69) is 5.32 Å². The fraction of sp³-hybridized carbons (Fsp3) is 1.00. The Labute approximate surface area is 69.1 Å². The summed E-state index contributed by atoms with van der Waals surface area (Å²) in [6, 6.07) is 0. The van der Waals surface area contributed by atoms with E-state index in [9.17, 15) is 17.6 Å². The first-order valence-corrected chi connectivity index (χ1v) is 3.59. The van der Waals surface area contributed by atoms with Crippen molar-refractivity contribution in [2.75, 3.05) is 7.05 Å². The van der Waals surface area contributed by atoms with E-state index in [4.69, 9.17) is 0 Å². The topological polar surface area (TPSA) is 12.0 Å². The molecule has 0 aromatic rings. The highest BCUT2D eigenvalue weighted by atomic mass is 19.4. The van der Waals surface area contributed by atoms with Crippen LogP contribution in [0.1, 0.15) is 20.3 Å². The number of halogens is 4. The van der Waals surface area contributed by atoms with Crippen LogP contribution in [0, 0.1) is 0 Å². The highest BCUT2D eigenvalue weighted by molar-refractivity contribution is 4.82. The van der Waals surface area contributed by atoms with Crippen LogP contribution in [0.5, 0.6) is 0 Å². The molecule has 5 heteroatoms. The molecule has 0 aliphatic heterocycles. The summed E-state index contributed by atoms with van der Waals surface area (Å²) in [4.78, 5) is 0. The van der Waals surface area contributed by atoms with Crippen LogP contribution in [-0.4, -0.2) is 24.9 Å². The van der Waals surface area contributed by atoms with E-state index < -0.39 is 24.3 Å². The van der Waals surface area contributed by atoms with Gasteiger partial charge in [0.05, 0.1) is 0 Å². The van der Waals surface area contributed by atoms with Crippen molar-refractivity contribution in [3.05, 3.63) is 0 Å². The molecule has 1 nitrogen and oxygen atoms in total. The standard InChI is InChI=1S/C7H13F4N/c1-6(2,12-3)4-5(8)7(9,10)11/h5,12H,4H2,1-3H3. The zero-order valence-electron chi connectivity index (χ0n) is 7.30. The van der Waals surface area contributed by atoms with E-state index in [1.165, 1.54) is 20.9 Å². The van der Waals surface area contributed by atoms with Crippen LogP contribution < -0.4 is 5.32 Å². The summed E-state index contributed by atoms with van der Waals surface area (Å²) in [6.07, 6.45) is -8.05. The van der Waals surface area contributed by atoms with Crippen molar-refractivity contribution in [2.24, 2.45) is 0 Å². The Hall–Kier alpha value is -0.320. The van der Waals surface area contributed by atoms with Gasteiger partial charge in [-0.15, -0.1) is 0 Å². The first kappa shape index (κ1) is 11.7. The number of hydrogen-bond acceptors (Lipinski definition) is 1. The molecule has 0 saturated carbocycles. The van der Waals surface area contributed by atoms with Crippen LogP contribution >= 0.6 is 0 Å². The number of rotatable bonds is 3. The molecule has 1 N–H and O–H groups in total. The molecule has 0 radical (unpaired) electrons. The monoisotopic (exact) mass is 187 g/mol. The average Bonchev–Trinajstić information content (AvgIpc) is 1.85. The van der Waals surface area contributed by atoms with Crippen LogP contribution in [0.15, 0.2) is 0 Å². The van der Waals surface area contributed by atoms with Crippen molar-refractivity contribution in [1.82, 2.24) is 5.32 Å². The van der Waals surface area contributed by atoms with Crippen molar-refractivity contribution >= 4 is 0 Å². The van der Waals surface area contributed by atoms with Gasteiger partial charge in [0.2, 0.25) is 0 Å². The molecule has 0 bridgehead atoms. The third-order valence-electron chi connectivity index (χ3n) is 1.72. The zero-order valence-corrected chi connectivity index (χ0v) is 7.30. The van der Waals surface area contributed by atoms with Crippen molar-refractivity contribution < 1.29 is 17.6 Å². The van der Waals surface area contributed by atoms with E-state index in [1.54, 1.807) is 0 Å². The molecular formula is C7H13F4N. The van der Waals surface area contributed by atoms with E-state index in [0.717, 1.165) is 0 Å². The molecule has 0 amide bonds. The lowest BCUT2D eigenvalue weighted by Gasteiger charge is -2.26. The van der Waals surface area contributed by atoms with E-state index in [1.807, 2.05) is 0 Å². The maximum atomic E-state index is 12.4. The molecule has 0 aliphatic carbocycles. The Morgan fingerprint density at radius 2 is 1.67 bits per heavy atom. The Morgan fingerprint density at radius 1 is 1.25 bits per heavy atom. The normalized spacial score (nSPS) is 16.2. The lowest BCUT2D eigenvalue weighted by Crippen LogP contribution is -2.42. The minimum Gasteiger partial charge on any atom is -0.315 e. The van der Waals surface area contributed by atoms with Gasteiger partial charge in [0.1, 0.15) is 0 Å². The first-order valence-electron chi connectivity index (χ1n) is 3.59. The molecule has 0 saturated heterocycles. The molecule has 0 aromatic heterocycles. The van der Waals surface area contributed by atoms with Gasteiger partial charge in [-0.25, -0.2) is 4.39 Å². The Bertz CT molecular complexity index is 141. The Morgan fingerprint density at radius 3 is 1.92 bits per heavy atom. The van der Waals surface area contributed by atoms with Crippen molar-refractivity contribution in [1.29, 1.82) is 0 Å². The molecule has 0 aromatic carbocycles. The minimum atomic E-state index is -4.74. The van der Waals surface area contributed by atoms with Crippen molar-refractivity contribution in [3.63, 3.8) is 0 Å². The van der Waals surface area contributed by atoms with Gasteiger partial charge >= 0.3 is 6.18 Å². The fourth-order valence-electron chi connectivity index (χ4n) is 0.666. The maximum Gasteiger partial charge on any atom is 0.419 e. The molecule has 1 unspecified atom stereocenters. The van der Waals surface area contributed by atoms with Crippen LogP contribution in [0.25, 0.3) is 0 Å². The van der Waals surface area contributed by atoms with Gasteiger partial charge in [-0.3, -0.25) is 0 Å². The predicted molar refractivity (Wildman–Crippen MR) is 38.7 cm³/mol. The Kier molecular flexibility index (Phi) is 3.50. The average molecular weight is 187 g/mol. The highest BCUT2D eigenvalue weighted by Crippen LogP contribution is 2.28. The van der Waals surface area contributed by atoms with Crippen LogP contribution in [0.4, 0.5) is 17.6 Å². The van der Waals surface area contributed by atoms with E-state index >= 15 is 0 Å². The molecule has 12 heavy (non-hydrogen) atoms. The molecule has 74 valence electrons. The van der Waals surface area contributed by atoms with Crippen LogP contribution in [0.3, 0.4) is 0 Å². The number of alkyl halides is 4. The molecule has 0 heterocycles. The van der Waals surface area contributed by atoms with Crippen LogP contribution in [-0.2, 0) is 0 Å². The van der Waals surface area contributed by atoms with Crippen molar-refractivity contribution in [2.45, 2.75) is 38.2 Å². The second kappa shape index (κ2) is 3.60. The summed E-state index contributed by atoms with van der Waals surface area (Å²) >= 11 is 0. The summed E-state index contributed by atoms with van der Waals surface area (Å²) in [7, 11) is 1.50. The highest BCUT2D eigenvalue weighted by Gasteiger charge is 2.42. The summed E-state index contributed by atoms with van der Waals surface area (Å²) in [5.74, 6) is 0. The zero-order chi connectivity index (χ0) is 9.99. The molecule has 0 rings (SSSR count). The fourth-order valence-corrected chi connectivity index (χ4v) is 0.666. The molecule has 0 spiro atoms. The third kappa shape index (κ3) is 3.90. The first-order chi connectivity index (χ1) is 5.19.